The highest BCUT2D eigenvalue weighted by molar-refractivity contribution is 7.46. The summed E-state index contributed by atoms with van der Waals surface area (Å²) in [4.78, 5) is 17.9. The number of hydrogen-bond acceptors (Lipinski definition) is 2. The van der Waals surface area contributed by atoms with E-state index in [1.165, 1.54) is 0 Å². The van der Waals surface area contributed by atoms with Crippen molar-refractivity contribution in [2.75, 3.05) is 0 Å². The maximum Gasteiger partial charge on any atom is 0.469 e. The zero-order valence-corrected chi connectivity index (χ0v) is 13.2. The minimum Gasteiger partial charge on any atom is -0.303 e. The number of phosphoric acid groups is 1. The topological polar surface area (TPSA) is 66.8 Å². The summed E-state index contributed by atoms with van der Waals surface area (Å²) in [6.45, 7) is 10.3. The molecule has 0 saturated carbocycles. The Bertz CT molecular complexity index is 252. The zero-order valence-electron chi connectivity index (χ0n) is 12.3. The lowest BCUT2D eigenvalue weighted by molar-refractivity contribution is 0.0448. The summed E-state index contributed by atoms with van der Waals surface area (Å²) in [6, 6.07) is 0. The van der Waals surface area contributed by atoms with Crippen molar-refractivity contribution in [3.63, 3.8) is 0 Å². The molecule has 4 nitrogen and oxygen atoms in total. The van der Waals surface area contributed by atoms with Crippen molar-refractivity contribution in [3.05, 3.63) is 0 Å². The van der Waals surface area contributed by atoms with E-state index < -0.39 is 13.9 Å². The highest BCUT2D eigenvalue weighted by Gasteiger charge is 2.32. The van der Waals surface area contributed by atoms with Gasteiger partial charge in [0.2, 0.25) is 0 Å². The summed E-state index contributed by atoms with van der Waals surface area (Å²) in [6.07, 6.45) is 3.88. The maximum atomic E-state index is 11.0. The van der Waals surface area contributed by atoms with E-state index in [-0.39, 0.29) is 5.92 Å². The normalized spacial score (nSPS) is 19.3. The van der Waals surface area contributed by atoms with Gasteiger partial charge in [-0.25, -0.2) is 4.57 Å². The van der Waals surface area contributed by atoms with Gasteiger partial charge in [0.15, 0.2) is 0 Å². The fourth-order valence-electron chi connectivity index (χ4n) is 3.07. The lowest BCUT2D eigenvalue weighted by Gasteiger charge is -2.34. The van der Waals surface area contributed by atoms with E-state index in [0.717, 1.165) is 25.7 Å². The highest BCUT2D eigenvalue weighted by atomic mass is 31.2. The first kappa shape index (κ1) is 18.1. The van der Waals surface area contributed by atoms with Crippen LogP contribution in [0, 0.1) is 17.8 Å². The van der Waals surface area contributed by atoms with Crippen LogP contribution < -0.4 is 0 Å². The van der Waals surface area contributed by atoms with E-state index in [4.69, 9.17) is 14.3 Å². The quantitative estimate of drug-likeness (QED) is 0.627. The molecule has 0 aliphatic rings. The highest BCUT2D eigenvalue weighted by Crippen LogP contribution is 2.42. The molecule has 0 saturated heterocycles. The third-order valence-corrected chi connectivity index (χ3v) is 4.25. The fraction of sp³-hybridized carbons (Fsp3) is 1.00. The largest absolute Gasteiger partial charge is 0.469 e. The molecule has 0 heterocycles. The van der Waals surface area contributed by atoms with Crippen molar-refractivity contribution < 1.29 is 18.9 Å². The number of phosphoric ester groups is 1. The van der Waals surface area contributed by atoms with E-state index in [9.17, 15) is 4.57 Å². The molecule has 0 amide bonds. The van der Waals surface area contributed by atoms with Crippen LogP contribution >= 0.6 is 7.82 Å². The van der Waals surface area contributed by atoms with Gasteiger partial charge in [0.25, 0.3) is 0 Å². The molecule has 0 bridgehead atoms. The van der Waals surface area contributed by atoms with Crippen molar-refractivity contribution in [3.8, 4) is 0 Å². The van der Waals surface area contributed by atoms with Gasteiger partial charge in [-0.05, 0) is 24.7 Å². The van der Waals surface area contributed by atoms with Gasteiger partial charge >= 0.3 is 7.82 Å². The first-order valence-corrected chi connectivity index (χ1v) is 8.49. The molecule has 0 aliphatic carbocycles. The summed E-state index contributed by atoms with van der Waals surface area (Å²) >= 11 is 0. The minimum atomic E-state index is -4.39. The Morgan fingerprint density at radius 1 is 1.00 bits per heavy atom. The molecule has 3 atom stereocenters. The van der Waals surface area contributed by atoms with Gasteiger partial charge in [-0.15, -0.1) is 0 Å². The smallest absolute Gasteiger partial charge is 0.303 e. The van der Waals surface area contributed by atoms with Crippen LogP contribution in [0.25, 0.3) is 0 Å². The van der Waals surface area contributed by atoms with Gasteiger partial charge in [0.1, 0.15) is 0 Å². The molecule has 18 heavy (non-hydrogen) atoms. The van der Waals surface area contributed by atoms with Gasteiger partial charge in [0.05, 0.1) is 6.10 Å². The molecule has 0 radical (unpaired) electrons. The summed E-state index contributed by atoms with van der Waals surface area (Å²) in [7, 11) is -4.39. The van der Waals surface area contributed by atoms with Crippen molar-refractivity contribution in [1.29, 1.82) is 0 Å². The lowest BCUT2D eigenvalue weighted by atomic mass is 9.76. The lowest BCUT2D eigenvalue weighted by Crippen LogP contribution is -2.31. The van der Waals surface area contributed by atoms with Crippen LogP contribution in [0.3, 0.4) is 0 Å². The van der Waals surface area contributed by atoms with Gasteiger partial charge in [-0.2, -0.15) is 0 Å². The molecule has 0 fully saturated rings. The van der Waals surface area contributed by atoms with Crippen LogP contribution in [-0.2, 0) is 9.09 Å². The average Bonchev–Trinajstić information content (AvgIpc) is 2.15. The Morgan fingerprint density at radius 3 is 1.67 bits per heavy atom. The van der Waals surface area contributed by atoms with Crippen LogP contribution in [0.4, 0.5) is 0 Å². The SMILES string of the molecule is CCCC(C)C(C(C)CCC)C(C)OP(=O)(O)O. The van der Waals surface area contributed by atoms with Gasteiger partial charge in [0, 0.05) is 0 Å². The third-order valence-electron chi connectivity index (χ3n) is 3.65. The van der Waals surface area contributed by atoms with Crippen LogP contribution in [0.1, 0.15) is 60.3 Å². The number of hydrogen-bond donors (Lipinski definition) is 2. The second-order valence-corrected chi connectivity index (χ2v) is 6.60. The predicted octanol–water partition coefficient (Wildman–Crippen LogP) is 3.97. The summed E-state index contributed by atoms with van der Waals surface area (Å²) in [5.41, 5.74) is 0. The molecule has 110 valence electrons. The molecule has 0 aromatic rings. The van der Waals surface area contributed by atoms with E-state index >= 15 is 0 Å². The van der Waals surface area contributed by atoms with Crippen LogP contribution in [-0.4, -0.2) is 15.9 Å². The van der Waals surface area contributed by atoms with E-state index in [0.29, 0.717) is 11.8 Å². The molecule has 0 rings (SSSR count). The second kappa shape index (κ2) is 8.31. The van der Waals surface area contributed by atoms with Crippen molar-refractivity contribution in [1.82, 2.24) is 0 Å². The number of rotatable bonds is 9. The zero-order chi connectivity index (χ0) is 14.3. The van der Waals surface area contributed by atoms with Gasteiger partial charge < -0.3 is 9.79 Å². The average molecular weight is 280 g/mol. The molecular formula is C13H29O4P. The Labute approximate surface area is 111 Å². The molecule has 2 N–H and O–H groups in total. The molecule has 5 heteroatoms. The van der Waals surface area contributed by atoms with Gasteiger partial charge in [-0.1, -0.05) is 53.4 Å². The standard InChI is InChI=1S/C13H29O4P/c1-6-8-10(3)13(11(4)9-7-2)12(5)17-18(14,15)16/h10-13H,6-9H2,1-5H3,(H2,14,15,16). The van der Waals surface area contributed by atoms with E-state index in [2.05, 4.69) is 27.7 Å². The predicted molar refractivity (Wildman–Crippen MR) is 74.2 cm³/mol. The monoisotopic (exact) mass is 280 g/mol. The first-order chi connectivity index (χ1) is 8.22. The van der Waals surface area contributed by atoms with E-state index in [1.807, 2.05) is 0 Å². The minimum absolute atomic E-state index is 0.192. The molecule has 0 aromatic carbocycles. The second-order valence-electron chi connectivity index (χ2n) is 5.41. The summed E-state index contributed by atoms with van der Waals surface area (Å²) in [5.74, 6) is 1.02. The van der Waals surface area contributed by atoms with E-state index in [1.54, 1.807) is 6.92 Å². The Balaban J connectivity index is 4.78. The maximum absolute atomic E-state index is 11.0. The molecule has 0 spiro atoms. The summed E-state index contributed by atoms with van der Waals surface area (Å²) in [5, 5.41) is 0. The van der Waals surface area contributed by atoms with Crippen molar-refractivity contribution >= 4 is 7.82 Å². The summed E-state index contributed by atoms with van der Waals surface area (Å²) < 4.78 is 15.9. The molecule has 0 aliphatic heterocycles. The Kier molecular flexibility index (Phi) is 8.37. The molecular weight excluding hydrogens is 251 g/mol. The van der Waals surface area contributed by atoms with Crippen LogP contribution in [0.2, 0.25) is 0 Å². The van der Waals surface area contributed by atoms with Crippen molar-refractivity contribution in [2.45, 2.75) is 66.4 Å². The molecule has 3 unspecified atom stereocenters. The van der Waals surface area contributed by atoms with Crippen LogP contribution in [0.5, 0.6) is 0 Å². The fourth-order valence-corrected chi connectivity index (χ4v) is 3.64. The van der Waals surface area contributed by atoms with Crippen LogP contribution in [0.15, 0.2) is 0 Å². The Morgan fingerprint density at radius 2 is 1.39 bits per heavy atom. The first-order valence-electron chi connectivity index (χ1n) is 6.96. The molecule has 0 aromatic heterocycles. The Hall–Kier alpha value is 0.110. The van der Waals surface area contributed by atoms with Crippen molar-refractivity contribution in [2.24, 2.45) is 17.8 Å². The van der Waals surface area contributed by atoms with Gasteiger partial charge in [-0.3, -0.25) is 4.52 Å². The third kappa shape index (κ3) is 6.89.